The Labute approximate surface area is 197 Å². The number of amides is 2. The predicted octanol–water partition coefficient (Wildman–Crippen LogP) is 2.28. The van der Waals surface area contributed by atoms with E-state index in [0.717, 1.165) is 0 Å². The maximum atomic E-state index is 12.4. The monoisotopic (exact) mass is 483 g/mol. The van der Waals surface area contributed by atoms with Gasteiger partial charge in [0.25, 0.3) is 0 Å². The third-order valence-electron chi connectivity index (χ3n) is 4.57. The molecule has 12 nitrogen and oxygen atoms in total. The summed E-state index contributed by atoms with van der Waals surface area (Å²) in [6.07, 6.45) is 1.58. The van der Waals surface area contributed by atoms with Crippen molar-refractivity contribution in [1.82, 2.24) is 24.9 Å². The standard InChI is InChI=1S/C21H21N7O5S/c1-31-14-6-3-2-5-13(14)23-18(30)11-17-24-19(33-27-17)12-34-21-26-25-20(15-7-4-10-32-15)28(21)9-8-16(22)29/h2-7,10H,8-9,11-12H2,1H3,(H2,22,29)(H,23,30). The molecular weight excluding hydrogens is 462 g/mol. The van der Waals surface area contributed by atoms with Crippen LogP contribution in [0.15, 0.2) is 56.8 Å². The zero-order valence-electron chi connectivity index (χ0n) is 18.1. The number of para-hydroxylation sites is 2. The number of nitrogens with zero attached hydrogens (tertiary/aromatic N) is 5. The number of carbonyl (C=O) groups excluding carboxylic acids is 2. The van der Waals surface area contributed by atoms with Crippen molar-refractivity contribution in [3.8, 4) is 17.3 Å². The Morgan fingerprint density at radius 2 is 2.06 bits per heavy atom. The van der Waals surface area contributed by atoms with Crippen molar-refractivity contribution in [3.63, 3.8) is 0 Å². The van der Waals surface area contributed by atoms with Crippen molar-refractivity contribution >= 4 is 29.3 Å². The van der Waals surface area contributed by atoms with Gasteiger partial charge < -0.3 is 24.7 Å². The molecule has 2 amide bonds. The van der Waals surface area contributed by atoms with E-state index in [1.807, 2.05) is 6.07 Å². The van der Waals surface area contributed by atoms with Crippen LogP contribution in [0.3, 0.4) is 0 Å². The lowest BCUT2D eigenvalue weighted by atomic mass is 10.2. The van der Waals surface area contributed by atoms with Gasteiger partial charge in [0.15, 0.2) is 22.6 Å². The molecule has 0 atom stereocenters. The Kier molecular flexibility index (Phi) is 7.22. The summed E-state index contributed by atoms with van der Waals surface area (Å²) >= 11 is 1.29. The smallest absolute Gasteiger partial charge is 0.237 e. The first-order chi connectivity index (χ1) is 16.5. The first-order valence-corrected chi connectivity index (χ1v) is 11.1. The van der Waals surface area contributed by atoms with Crippen molar-refractivity contribution in [3.05, 3.63) is 54.4 Å². The van der Waals surface area contributed by atoms with Crippen LogP contribution in [0.2, 0.25) is 0 Å². The second kappa shape index (κ2) is 10.7. The average molecular weight is 484 g/mol. The molecule has 0 aliphatic rings. The molecule has 0 fully saturated rings. The minimum atomic E-state index is -0.442. The number of furan rings is 1. The lowest BCUT2D eigenvalue weighted by molar-refractivity contribution is -0.118. The number of ether oxygens (including phenoxy) is 1. The van der Waals surface area contributed by atoms with Crippen LogP contribution in [-0.2, 0) is 28.3 Å². The molecule has 4 rings (SSSR count). The van der Waals surface area contributed by atoms with E-state index in [1.54, 1.807) is 34.9 Å². The number of hydrogen-bond donors (Lipinski definition) is 2. The van der Waals surface area contributed by atoms with Gasteiger partial charge in [-0.1, -0.05) is 29.1 Å². The molecule has 13 heteroatoms. The molecule has 3 heterocycles. The summed E-state index contributed by atoms with van der Waals surface area (Å²) in [5.74, 6) is 1.65. The summed E-state index contributed by atoms with van der Waals surface area (Å²) in [5.41, 5.74) is 5.86. The van der Waals surface area contributed by atoms with Crippen LogP contribution < -0.4 is 15.8 Å². The highest BCUT2D eigenvalue weighted by atomic mass is 32.2. The van der Waals surface area contributed by atoms with Gasteiger partial charge in [-0.15, -0.1) is 10.2 Å². The van der Waals surface area contributed by atoms with E-state index < -0.39 is 5.91 Å². The SMILES string of the molecule is COc1ccccc1NC(=O)Cc1noc(CSc2nnc(-c3ccco3)n2CCC(N)=O)n1. The van der Waals surface area contributed by atoms with Crippen molar-refractivity contribution in [2.75, 3.05) is 12.4 Å². The van der Waals surface area contributed by atoms with Crippen molar-refractivity contribution < 1.29 is 23.3 Å². The molecular formula is C21H21N7O5S. The Hall–Kier alpha value is -4.13. The fourth-order valence-corrected chi connectivity index (χ4v) is 3.84. The first kappa shape index (κ1) is 23.0. The molecule has 34 heavy (non-hydrogen) atoms. The maximum absolute atomic E-state index is 12.4. The van der Waals surface area contributed by atoms with E-state index >= 15 is 0 Å². The molecule has 3 aromatic heterocycles. The van der Waals surface area contributed by atoms with E-state index in [1.165, 1.54) is 25.1 Å². The number of nitrogens with two attached hydrogens (primary N) is 1. The van der Waals surface area contributed by atoms with Crippen molar-refractivity contribution in [2.45, 2.75) is 30.3 Å². The van der Waals surface area contributed by atoms with Crippen LogP contribution in [0.4, 0.5) is 5.69 Å². The van der Waals surface area contributed by atoms with E-state index in [0.29, 0.717) is 40.6 Å². The summed E-state index contributed by atoms with van der Waals surface area (Å²) in [5, 5.41) is 15.5. The molecule has 0 radical (unpaired) electrons. The number of carbonyl (C=O) groups is 2. The second-order valence-electron chi connectivity index (χ2n) is 6.97. The van der Waals surface area contributed by atoms with Gasteiger partial charge in [0.1, 0.15) is 5.75 Å². The van der Waals surface area contributed by atoms with E-state index in [9.17, 15) is 9.59 Å². The number of hydrogen-bond acceptors (Lipinski definition) is 10. The Morgan fingerprint density at radius 1 is 1.21 bits per heavy atom. The van der Waals surface area contributed by atoms with Gasteiger partial charge in [0, 0.05) is 13.0 Å². The molecule has 3 N–H and O–H groups in total. The molecule has 0 saturated heterocycles. The highest BCUT2D eigenvalue weighted by molar-refractivity contribution is 7.98. The van der Waals surface area contributed by atoms with Crippen LogP contribution in [0, 0.1) is 0 Å². The van der Waals surface area contributed by atoms with Crippen LogP contribution in [0.5, 0.6) is 5.75 Å². The number of methoxy groups -OCH3 is 1. The molecule has 1 aromatic carbocycles. The number of benzene rings is 1. The molecule has 4 aromatic rings. The number of primary amides is 1. The van der Waals surface area contributed by atoms with Gasteiger partial charge >= 0.3 is 0 Å². The molecule has 176 valence electrons. The van der Waals surface area contributed by atoms with Crippen LogP contribution in [0.1, 0.15) is 18.1 Å². The molecule has 0 unspecified atom stereocenters. The van der Waals surface area contributed by atoms with Crippen molar-refractivity contribution in [2.24, 2.45) is 5.73 Å². The summed E-state index contributed by atoms with van der Waals surface area (Å²) in [6, 6.07) is 10.6. The van der Waals surface area contributed by atoms with Crippen LogP contribution in [-0.4, -0.2) is 43.8 Å². The normalized spacial score (nSPS) is 10.9. The third kappa shape index (κ3) is 5.61. The molecule has 0 spiro atoms. The zero-order valence-corrected chi connectivity index (χ0v) is 18.9. The fourth-order valence-electron chi connectivity index (χ4n) is 3.04. The van der Waals surface area contributed by atoms with Gasteiger partial charge in [-0.2, -0.15) is 4.98 Å². The van der Waals surface area contributed by atoms with Gasteiger partial charge in [0.2, 0.25) is 17.7 Å². The number of anilines is 1. The lowest BCUT2D eigenvalue weighted by Crippen LogP contribution is -2.15. The highest BCUT2D eigenvalue weighted by Crippen LogP contribution is 2.27. The van der Waals surface area contributed by atoms with Crippen LogP contribution in [0.25, 0.3) is 11.6 Å². The van der Waals surface area contributed by atoms with Crippen LogP contribution >= 0.6 is 11.8 Å². The number of nitrogens with one attached hydrogen (secondary N) is 1. The zero-order chi connectivity index (χ0) is 23.9. The van der Waals surface area contributed by atoms with Gasteiger partial charge in [-0.05, 0) is 24.3 Å². The van der Waals surface area contributed by atoms with Gasteiger partial charge in [-0.3, -0.25) is 14.2 Å². The van der Waals surface area contributed by atoms with Gasteiger partial charge in [-0.25, -0.2) is 0 Å². The van der Waals surface area contributed by atoms with Gasteiger partial charge in [0.05, 0.1) is 31.2 Å². The minimum absolute atomic E-state index is 0.0658. The molecule has 0 bridgehead atoms. The third-order valence-corrected chi connectivity index (χ3v) is 5.53. The Morgan fingerprint density at radius 3 is 2.82 bits per heavy atom. The minimum Gasteiger partial charge on any atom is -0.495 e. The molecule has 0 aliphatic carbocycles. The Bertz CT molecular complexity index is 1270. The summed E-state index contributed by atoms with van der Waals surface area (Å²) in [6.45, 7) is 0.291. The molecule has 0 saturated carbocycles. The first-order valence-electron chi connectivity index (χ1n) is 10.2. The average Bonchev–Trinajstić information content (AvgIpc) is 3.57. The highest BCUT2D eigenvalue weighted by Gasteiger charge is 2.19. The predicted molar refractivity (Wildman–Crippen MR) is 121 cm³/mol. The van der Waals surface area contributed by atoms with E-state index in [-0.39, 0.29) is 30.3 Å². The van der Waals surface area contributed by atoms with Crippen molar-refractivity contribution in [1.29, 1.82) is 0 Å². The number of aromatic nitrogens is 5. The van der Waals surface area contributed by atoms with E-state index in [4.69, 9.17) is 19.4 Å². The number of rotatable bonds is 11. The second-order valence-corrected chi connectivity index (χ2v) is 7.91. The lowest BCUT2D eigenvalue weighted by Gasteiger charge is -2.08. The quantitative estimate of drug-likeness (QED) is 0.302. The summed E-state index contributed by atoms with van der Waals surface area (Å²) < 4.78 is 17.6. The van der Waals surface area contributed by atoms with E-state index in [2.05, 4.69) is 25.7 Å². The summed E-state index contributed by atoms with van der Waals surface area (Å²) in [7, 11) is 1.53. The number of thioether (sulfide) groups is 1. The fraction of sp³-hybridized carbons (Fsp3) is 0.238. The summed E-state index contributed by atoms with van der Waals surface area (Å²) in [4.78, 5) is 27.9. The Balaban J connectivity index is 1.39. The molecule has 0 aliphatic heterocycles. The largest absolute Gasteiger partial charge is 0.495 e. The maximum Gasteiger partial charge on any atom is 0.237 e. The topological polar surface area (TPSA) is 164 Å².